The molecule has 0 atom stereocenters. The van der Waals surface area contributed by atoms with Crippen LogP contribution in [0.3, 0.4) is 0 Å². The molecule has 0 aliphatic heterocycles. The number of para-hydroxylation sites is 3. The van der Waals surface area contributed by atoms with Gasteiger partial charge >= 0.3 is 0 Å². The number of thiazole rings is 1. The van der Waals surface area contributed by atoms with Crippen LogP contribution >= 0.6 is 11.3 Å². The Morgan fingerprint density at radius 3 is 1.62 bits per heavy atom. The van der Waals surface area contributed by atoms with Crippen molar-refractivity contribution in [3.05, 3.63) is 176 Å². The molecule has 12 aromatic rings. The van der Waals surface area contributed by atoms with Gasteiger partial charge < -0.3 is 9.13 Å². The third-order valence-corrected chi connectivity index (χ3v) is 12.1. The second-order valence-electron chi connectivity index (χ2n) is 13.9. The van der Waals surface area contributed by atoms with E-state index in [9.17, 15) is 0 Å². The molecule has 0 saturated heterocycles. The van der Waals surface area contributed by atoms with Crippen LogP contribution in [0.4, 0.5) is 0 Å². The highest BCUT2D eigenvalue weighted by Crippen LogP contribution is 2.47. The molecular formula is C49H29N3S. The van der Waals surface area contributed by atoms with Crippen molar-refractivity contribution in [3.8, 4) is 21.9 Å². The van der Waals surface area contributed by atoms with Gasteiger partial charge in [0.05, 0.1) is 32.3 Å². The number of benzene rings is 9. The predicted octanol–water partition coefficient (Wildman–Crippen LogP) is 13.6. The Labute approximate surface area is 308 Å². The predicted molar refractivity (Wildman–Crippen MR) is 226 cm³/mol. The Balaban J connectivity index is 1.23. The van der Waals surface area contributed by atoms with Gasteiger partial charge in [0, 0.05) is 43.9 Å². The Morgan fingerprint density at radius 1 is 0.396 bits per heavy atom. The fourth-order valence-electron chi connectivity index (χ4n) is 8.88. The van der Waals surface area contributed by atoms with E-state index in [0.717, 1.165) is 27.5 Å². The molecule has 53 heavy (non-hydrogen) atoms. The van der Waals surface area contributed by atoms with Gasteiger partial charge in [0.1, 0.15) is 5.01 Å². The molecule has 3 heterocycles. The minimum Gasteiger partial charge on any atom is -0.307 e. The van der Waals surface area contributed by atoms with Crippen LogP contribution in [0.1, 0.15) is 0 Å². The highest BCUT2D eigenvalue weighted by atomic mass is 32.1. The molecule has 0 aliphatic rings. The molecule has 246 valence electrons. The van der Waals surface area contributed by atoms with Crippen LogP contribution in [0, 0.1) is 0 Å². The SMILES string of the molecule is c1ccc(-c2nc3c(ccc4ccc5cc(-n6c7ccccc7c7c8ccccc8c8c9ccccc9n(-c9ccccc9)c8c76)ccc5c43)s2)cc1. The first kappa shape index (κ1) is 28.9. The Morgan fingerprint density at radius 2 is 0.943 bits per heavy atom. The van der Waals surface area contributed by atoms with Crippen molar-refractivity contribution >= 4 is 97.5 Å². The van der Waals surface area contributed by atoms with E-state index in [0.29, 0.717) is 0 Å². The normalized spacial score (nSPS) is 12.2. The molecule has 0 radical (unpaired) electrons. The number of aromatic nitrogens is 3. The second kappa shape index (κ2) is 10.9. The standard InChI is InChI=1S/C49H29N3S/c1-3-13-31(14-4-1)49-50-46-42(53-49)28-25-30-23-24-32-29-34(26-27-35(32)43(30)46)52-41-22-12-10-20-39(41)45-37-18-8-7-17-36(37)44-38-19-9-11-21-40(38)51(47(44)48(45)52)33-15-5-2-6-16-33/h1-29H. The fraction of sp³-hybridized carbons (Fsp3) is 0. The molecule has 3 nitrogen and oxygen atoms in total. The zero-order valence-electron chi connectivity index (χ0n) is 28.5. The van der Waals surface area contributed by atoms with E-state index in [1.165, 1.54) is 80.6 Å². The van der Waals surface area contributed by atoms with E-state index in [2.05, 4.69) is 185 Å². The van der Waals surface area contributed by atoms with E-state index in [-0.39, 0.29) is 0 Å². The van der Waals surface area contributed by atoms with Gasteiger partial charge in [-0.2, -0.15) is 0 Å². The average Bonchev–Trinajstić information content (AvgIpc) is 3.92. The van der Waals surface area contributed by atoms with Crippen LogP contribution in [-0.4, -0.2) is 14.1 Å². The molecule has 0 aliphatic carbocycles. The summed E-state index contributed by atoms with van der Waals surface area (Å²) in [5, 5.41) is 13.5. The first-order valence-corrected chi connectivity index (χ1v) is 18.9. The molecule has 0 fully saturated rings. The van der Waals surface area contributed by atoms with Crippen LogP contribution in [0.25, 0.3) is 108 Å². The second-order valence-corrected chi connectivity index (χ2v) is 14.9. The summed E-state index contributed by atoms with van der Waals surface area (Å²) >= 11 is 1.76. The Bertz CT molecular complexity index is 3440. The summed E-state index contributed by atoms with van der Waals surface area (Å²) in [6, 6.07) is 64.1. The maximum atomic E-state index is 5.25. The van der Waals surface area contributed by atoms with E-state index in [1.807, 2.05) is 0 Å². The molecule has 0 spiro atoms. The van der Waals surface area contributed by atoms with E-state index >= 15 is 0 Å². The van der Waals surface area contributed by atoms with Crippen LogP contribution in [-0.2, 0) is 0 Å². The Hall–Kier alpha value is -6.75. The zero-order valence-corrected chi connectivity index (χ0v) is 29.3. The van der Waals surface area contributed by atoms with Crippen LogP contribution < -0.4 is 0 Å². The lowest BCUT2D eigenvalue weighted by Crippen LogP contribution is -1.99. The topological polar surface area (TPSA) is 22.8 Å². The van der Waals surface area contributed by atoms with Crippen molar-refractivity contribution in [2.75, 3.05) is 0 Å². The third kappa shape index (κ3) is 4.01. The molecule has 3 aromatic heterocycles. The molecule has 12 rings (SSSR count). The van der Waals surface area contributed by atoms with Crippen molar-refractivity contribution in [1.82, 2.24) is 14.1 Å². The molecule has 0 bridgehead atoms. The highest BCUT2D eigenvalue weighted by molar-refractivity contribution is 7.21. The lowest BCUT2D eigenvalue weighted by molar-refractivity contribution is 1.15. The molecule has 9 aromatic carbocycles. The lowest BCUT2D eigenvalue weighted by atomic mass is 9.98. The van der Waals surface area contributed by atoms with Crippen molar-refractivity contribution < 1.29 is 0 Å². The maximum absolute atomic E-state index is 5.25. The zero-order chi connectivity index (χ0) is 34.6. The lowest BCUT2D eigenvalue weighted by Gasteiger charge is -2.15. The molecule has 4 heteroatoms. The van der Waals surface area contributed by atoms with E-state index < -0.39 is 0 Å². The quantitative estimate of drug-likeness (QED) is 0.169. The molecule has 0 N–H and O–H groups in total. The molecule has 0 unspecified atom stereocenters. The highest BCUT2D eigenvalue weighted by Gasteiger charge is 2.24. The van der Waals surface area contributed by atoms with Gasteiger partial charge in [0.15, 0.2) is 0 Å². The number of nitrogens with zero attached hydrogens (tertiary/aromatic N) is 3. The number of rotatable bonds is 3. The van der Waals surface area contributed by atoms with Crippen LogP contribution in [0.5, 0.6) is 0 Å². The summed E-state index contributed by atoms with van der Waals surface area (Å²) in [6.45, 7) is 0. The van der Waals surface area contributed by atoms with Gasteiger partial charge in [0.25, 0.3) is 0 Å². The smallest absolute Gasteiger partial charge is 0.124 e. The number of fused-ring (bicyclic) bond motifs is 15. The first-order chi connectivity index (χ1) is 26.3. The van der Waals surface area contributed by atoms with Gasteiger partial charge in [0.2, 0.25) is 0 Å². The summed E-state index contributed by atoms with van der Waals surface area (Å²) in [5.74, 6) is 0. The van der Waals surface area contributed by atoms with Crippen molar-refractivity contribution in [3.63, 3.8) is 0 Å². The van der Waals surface area contributed by atoms with E-state index in [4.69, 9.17) is 4.98 Å². The summed E-state index contributed by atoms with van der Waals surface area (Å²) < 4.78 is 6.20. The average molecular weight is 692 g/mol. The third-order valence-electron chi connectivity index (χ3n) is 11.1. The van der Waals surface area contributed by atoms with Crippen molar-refractivity contribution in [2.24, 2.45) is 0 Å². The molecule has 0 saturated carbocycles. The molecule has 0 amide bonds. The summed E-state index contributed by atoms with van der Waals surface area (Å²) in [5.41, 5.74) is 9.35. The minimum absolute atomic E-state index is 1.05. The number of hydrogen-bond donors (Lipinski definition) is 0. The maximum Gasteiger partial charge on any atom is 0.124 e. The molecular weight excluding hydrogens is 663 g/mol. The van der Waals surface area contributed by atoms with Gasteiger partial charge in [-0.1, -0.05) is 133 Å². The number of hydrogen-bond acceptors (Lipinski definition) is 2. The summed E-state index contributed by atoms with van der Waals surface area (Å²) in [7, 11) is 0. The van der Waals surface area contributed by atoms with E-state index in [1.54, 1.807) is 11.3 Å². The summed E-state index contributed by atoms with van der Waals surface area (Å²) in [4.78, 5) is 5.25. The van der Waals surface area contributed by atoms with Gasteiger partial charge in [-0.25, -0.2) is 4.98 Å². The monoisotopic (exact) mass is 691 g/mol. The summed E-state index contributed by atoms with van der Waals surface area (Å²) in [6.07, 6.45) is 0. The largest absolute Gasteiger partial charge is 0.307 e. The Kier molecular flexibility index (Phi) is 5.93. The van der Waals surface area contributed by atoms with Crippen molar-refractivity contribution in [1.29, 1.82) is 0 Å². The van der Waals surface area contributed by atoms with Crippen molar-refractivity contribution in [2.45, 2.75) is 0 Å². The van der Waals surface area contributed by atoms with Crippen LogP contribution in [0.2, 0.25) is 0 Å². The van der Waals surface area contributed by atoms with Crippen LogP contribution in [0.15, 0.2) is 176 Å². The first-order valence-electron chi connectivity index (χ1n) is 18.1. The van der Waals surface area contributed by atoms with Gasteiger partial charge in [-0.3, -0.25) is 0 Å². The van der Waals surface area contributed by atoms with Gasteiger partial charge in [-0.15, -0.1) is 11.3 Å². The van der Waals surface area contributed by atoms with Gasteiger partial charge in [-0.05, 0) is 69.4 Å². The minimum atomic E-state index is 1.05. The fourth-order valence-corrected chi connectivity index (χ4v) is 9.86.